The Morgan fingerprint density at radius 3 is 2.16 bits per heavy atom. The van der Waals surface area contributed by atoms with Gasteiger partial charge in [-0.2, -0.15) is 0 Å². The third kappa shape index (κ3) is 8.10. The molecule has 2 aromatic rings. The zero-order chi connectivity index (χ0) is 24.7. The first-order chi connectivity index (χ1) is 14.8. The van der Waals surface area contributed by atoms with E-state index in [0.717, 1.165) is 22.3 Å². The lowest BCUT2D eigenvalue weighted by Gasteiger charge is -2.33. The van der Waals surface area contributed by atoms with Crippen LogP contribution in [0.4, 0.5) is 4.79 Å². The molecule has 5 heteroatoms. The molecule has 0 aliphatic heterocycles. The lowest BCUT2D eigenvalue weighted by atomic mass is 9.96. The third-order valence-corrected chi connectivity index (χ3v) is 8.12. The van der Waals surface area contributed by atoms with Gasteiger partial charge < -0.3 is 9.53 Å². The Morgan fingerprint density at radius 1 is 1.00 bits per heavy atom. The van der Waals surface area contributed by atoms with E-state index in [-0.39, 0.29) is 5.04 Å². The molecular formula is C27H42NO3Si. The molecule has 0 atom stereocenters. The van der Waals surface area contributed by atoms with E-state index >= 15 is 0 Å². The Hall–Kier alpha value is -2.11. The highest BCUT2D eigenvalue weighted by Gasteiger charge is 2.26. The molecule has 2 rings (SSSR count). The van der Waals surface area contributed by atoms with E-state index in [9.17, 15) is 9.90 Å². The molecule has 0 fully saturated rings. The average Bonchev–Trinajstić information content (AvgIpc) is 2.71. The molecule has 0 bridgehead atoms. The fraction of sp³-hybridized carbons (Fsp3) is 0.519. The molecule has 177 valence electrons. The molecule has 1 N–H and O–H groups in total. The minimum Gasteiger partial charge on any atom is -0.465 e. The first-order valence-corrected chi connectivity index (χ1v) is 13.4. The van der Waals surface area contributed by atoms with E-state index in [4.69, 9.17) is 4.43 Å². The summed E-state index contributed by atoms with van der Waals surface area (Å²) in [6.07, 6.45) is -0.903. The van der Waals surface area contributed by atoms with Gasteiger partial charge in [0, 0.05) is 12.1 Å². The SMILES string of the molecule is CC.Cc1ccc(CN(C(=O)O)C(C)(C)C)cc1-c1cccc(CO[Si](C)C(C)(C)C)c1. The summed E-state index contributed by atoms with van der Waals surface area (Å²) >= 11 is 0. The Morgan fingerprint density at radius 2 is 1.62 bits per heavy atom. The van der Waals surface area contributed by atoms with Crippen LogP contribution in [0.1, 0.15) is 72.1 Å². The number of carbonyl (C=O) groups is 1. The van der Waals surface area contributed by atoms with Gasteiger partial charge in [-0.05, 0) is 79.2 Å². The Bertz CT molecular complexity index is 881. The summed E-state index contributed by atoms with van der Waals surface area (Å²) in [4.78, 5) is 13.2. The summed E-state index contributed by atoms with van der Waals surface area (Å²) in [7, 11) is -0.890. The topological polar surface area (TPSA) is 49.8 Å². The summed E-state index contributed by atoms with van der Waals surface area (Å²) in [6, 6.07) is 14.7. The molecule has 32 heavy (non-hydrogen) atoms. The predicted molar refractivity (Wildman–Crippen MR) is 137 cm³/mol. The van der Waals surface area contributed by atoms with E-state index in [1.165, 1.54) is 10.5 Å². The molecule has 0 unspecified atom stereocenters. The van der Waals surface area contributed by atoms with Gasteiger partial charge in [0.15, 0.2) is 0 Å². The zero-order valence-corrected chi connectivity index (χ0v) is 22.7. The molecule has 1 radical (unpaired) electrons. The van der Waals surface area contributed by atoms with Gasteiger partial charge in [-0.1, -0.05) is 65.0 Å². The van der Waals surface area contributed by atoms with Gasteiger partial charge in [0.05, 0.1) is 6.61 Å². The smallest absolute Gasteiger partial charge is 0.408 e. The quantitative estimate of drug-likeness (QED) is 0.449. The number of aryl methyl sites for hydroxylation is 1. The van der Waals surface area contributed by atoms with Crippen LogP contribution in [0.3, 0.4) is 0 Å². The molecular weight excluding hydrogens is 414 g/mol. The summed E-state index contributed by atoms with van der Waals surface area (Å²) in [5.74, 6) is 0. The molecule has 0 saturated carbocycles. The van der Waals surface area contributed by atoms with Gasteiger partial charge in [-0.15, -0.1) is 0 Å². The molecule has 2 aromatic carbocycles. The highest BCUT2D eigenvalue weighted by molar-refractivity contribution is 6.53. The minimum atomic E-state index is -0.903. The van der Waals surface area contributed by atoms with Crippen LogP contribution in [0.25, 0.3) is 11.1 Å². The maximum Gasteiger partial charge on any atom is 0.408 e. The lowest BCUT2D eigenvalue weighted by molar-refractivity contribution is 0.0955. The van der Waals surface area contributed by atoms with Crippen LogP contribution in [0.2, 0.25) is 11.6 Å². The molecule has 0 spiro atoms. The van der Waals surface area contributed by atoms with Crippen molar-refractivity contribution < 1.29 is 14.3 Å². The molecule has 1 amide bonds. The highest BCUT2D eigenvalue weighted by Crippen LogP contribution is 2.30. The van der Waals surface area contributed by atoms with Crippen molar-refractivity contribution in [3.05, 3.63) is 59.2 Å². The second-order valence-corrected chi connectivity index (χ2v) is 12.9. The van der Waals surface area contributed by atoms with Crippen LogP contribution < -0.4 is 0 Å². The van der Waals surface area contributed by atoms with Crippen molar-refractivity contribution in [1.82, 2.24) is 4.90 Å². The van der Waals surface area contributed by atoms with Gasteiger partial charge >= 0.3 is 6.09 Å². The Kier molecular flexibility index (Phi) is 10.2. The van der Waals surface area contributed by atoms with E-state index in [1.807, 2.05) is 40.7 Å². The van der Waals surface area contributed by atoms with Crippen molar-refractivity contribution in [2.75, 3.05) is 0 Å². The summed E-state index contributed by atoms with van der Waals surface area (Å²) in [6.45, 7) is 21.7. The van der Waals surface area contributed by atoms with Gasteiger partial charge in [0.2, 0.25) is 9.04 Å². The molecule has 0 saturated heterocycles. The summed E-state index contributed by atoms with van der Waals surface area (Å²) < 4.78 is 6.18. The Labute approximate surface area is 197 Å². The number of rotatable bonds is 6. The number of hydrogen-bond acceptors (Lipinski definition) is 2. The second kappa shape index (κ2) is 11.7. The normalized spacial score (nSPS) is 11.7. The number of carboxylic acid groups (broad SMARTS) is 1. The van der Waals surface area contributed by atoms with Gasteiger partial charge in [0.1, 0.15) is 0 Å². The van der Waals surface area contributed by atoms with Crippen LogP contribution in [0.15, 0.2) is 42.5 Å². The second-order valence-electron chi connectivity index (χ2n) is 9.98. The first kappa shape index (κ1) is 27.9. The predicted octanol–water partition coefficient (Wildman–Crippen LogP) is 7.90. The van der Waals surface area contributed by atoms with Crippen molar-refractivity contribution in [2.24, 2.45) is 0 Å². The molecule has 0 heterocycles. The number of hydrogen-bond donors (Lipinski definition) is 1. The van der Waals surface area contributed by atoms with E-state index in [1.54, 1.807) is 0 Å². The monoisotopic (exact) mass is 456 g/mol. The fourth-order valence-electron chi connectivity index (χ4n) is 3.09. The minimum absolute atomic E-state index is 0.205. The average molecular weight is 457 g/mol. The summed E-state index contributed by atoms with van der Waals surface area (Å²) in [5, 5.41) is 9.83. The van der Waals surface area contributed by atoms with Crippen molar-refractivity contribution in [3.63, 3.8) is 0 Å². The molecule has 0 aliphatic carbocycles. The zero-order valence-electron chi connectivity index (χ0n) is 21.7. The standard InChI is InChI=1S/C25H36NO3Si.C2H6/c1-18-12-13-19(16-26(23(27)28)24(2,3)4)15-22(18)21-11-9-10-20(14-21)17-29-30(8)25(5,6)7;1-2/h9-15H,16-17H2,1-8H3,(H,27,28);1-2H3. The lowest BCUT2D eigenvalue weighted by Crippen LogP contribution is -2.44. The highest BCUT2D eigenvalue weighted by atomic mass is 28.3. The number of nitrogens with zero attached hydrogens (tertiary/aromatic N) is 1. The van der Waals surface area contributed by atoms with Crippen LogP contribution >= 0.6 is 0 Å². The van der Waals surface area contributed by atoms with Crippen molar-refractivity contribution in [1.29, 1.82) is 0 Å². The van der Waals surface area contributed by atoms with Crippen molar-refractivity contribution in [2.45, 2.75) is 92.6 Å². The number of benzene rings is 2. The molecule has 0 aromatic heterocycles. The van der Waals surface area contributed by atoms with E-state index in [0.29, 0.717) is 13.2 Å². The molecule has 0 aliphatic rings. The number of amides is 1. The van der Waals surface area contributed by atoms with Crippen LogP contribution in [0.5, 0.6) is 0 Å². The maximum atomic E-state index is 11.7. The Balaban J connectivity index is 0.00000249. The van der Waals surface area contributed by atoms with E-state index < -0.39 is 20.7 Å². The van der Waals surface area contributed by atoms with Crippen molar-refractivity contribution in [3.8, 4) is 11.1 Å². The third-order valence-electron chi connectivity index (χ3n) is 5.43. The fourth-order valence-corrected chi connectivity index (χ4v) is 3.91. The van der Waals surface area contributed by atoms with Crippen LogP contribution in [-0.2, 0) is 17.6 Å². The van der Waals surface area contributed by atoms with Gasteiger partial charge in [-0.25, -0.2) is 4.79 Å². The van der Waals surface area contributed by atoms with Gasteiger partial charge in [-0.3, -0.25) is 4.90 Å². The summed E-state index contributed by atoms with van der Waals surface area (Å²) in [5.41, 5.74) is 5.12. The van der Waals surface area contributed by atoms with Crippen molar-refractivity contribution >= 4 is 15.1 Å². The van der Waals surface area contributed by atoms with E-state index in [2.05, 4.69) is 70.6 Å². The van der Waals surface area contributed by atoms with Gasteiger partial charge in [0.25, 0.3) is 0 Å². The van der Waals surface area contributed by atoms with Crippen LogP contribution in [0, 0.1) is 6.92 Å². The van der Waals surface area contributed by atoms with Crippen LogP contribution in [-0.4, -0.2) is 30.7 Å². The molecule has 4 nitrogen and oxygen atoms in total. The maximum absolute atomic E-state index is 11.7. The first-order valence-electron chi connectivity index (χ1n) is 11.5. The largest absolute Gasteiger partial charge is 0.465 e.